The molecule has 5 nitrogen and oxygen atoms in total. The van der Waals surface area contributed by atoms with Gasteiger partial charge in [-0.05, 0) is 18.2 Å². The van der Waals surface area contributed by atoms with Crippen molar-refractivity contribution in [1.29, 1.82) is 5.26 Å². The number of carbonyl (C=O) groups excluding carboxylic acids is 2. The van der Waals surface area contributed by atoms with Crippen LogP contribution in [0.15, 0.2) is 18.2 Å². The number of rotatable bonds is 3. The molecular weight excluding hydrogens is 277 g/mol. The van der Waals surface area contributed by atoms with Gasteiger partial charge in [-0.2, -0.15) is 18.4 Å². The van der Waals surface area contributed by atoms with Crippen LogP contribution in [-0.4, -0.2) is 18.5 Å². The van der Waals surface area contributed by atoms with E-state index in [0.29, 0.717) is 12.1 Å². The molecule has 0 saturated carbocycles. The molecule has 0 unspecified atom stereocenters. The van der Waals surface area contributed by atoms with Gasteiger partial charge in [0.25, 0.3) is 5.91 Å². The number of nitrogens with one attached hydrogen (secondary N) is 1. The molecule has 20 heavy (non-hydrogen) atoms. The molecule has 0 fully saturated rings. The van der Waals surface area contributed by atoms with Crippen LogP contribution in [0.2, 0.25) is 0 Å². The molecule has 0 radical (unpaired) electrons. The number of anilines is 1. The lowest BCUT2D eigenvalue weighted by atomic mass is 10.1. The lowest BCUT2D eigenvalue weighted by Crippen LogP contribution is -2.20. The molecule has 1 aromatic carbocycles. The summed E-state index contributed by atoms with van der Waals surface area (Å²) < 4.78 is 42.1. The zero-order chi connectivity index (χ0) is 15.3. The number of hydrogen-bond donors (Lipinski definition) is 1. The van der Waals surface area contributed by atoms with Gasteiger partial charge in [-0.25, -0.2) is 0 Å². The second kappa shape index (κ2) is 6.06. The number of esters is 1. The van der Waals surface area contributed by atoms with E-state index < -0.39 is 30.2 Å². The van der Waals surface area contributed by atoms with E-state index in [2.05, 4.69) is 10.1 Å². The molecule has 0 saturated heterocycles. The zero-order valence-electron chi connectivity index (χ0n) is 10.2. The van der Waals surface area contributed by atoms with Crippen molar-refractivity contribution in [2.45, 2.75) is 13.1 Å². The van der Waals surface area contributed by atoms with Gasteiger partial charge >= 0.3 is 12.1 Å². The third kappa shape index (κ3) is 4.61. The SMILES string of the molecule is CC(=O)OCC(=O)Nc1cc(C#N)cc(C(F)(F)F)c1. The average molecular weight is 286 g/mol. The molecule has 0 aliphatic rings. The number of alkyl halides is 3. The molecule has 0 aromatic heterocycles. The lowest BCUT2D eigenvalue weighted by molar-refractivity contribution is -0.144. The number of benzene rings is 1. The largest absolute Gasteiger partial charge is 0.456 e. The zero-order valence-corrected chi connectivity index (χ0v) is 10.2. The number of carbonyl (C=O) groups is 2. The molecule has 1 rings (SSSR count). The van der Waals surface area contributed by atoms with E-state index in [-0.39, 0.29) is 11.3 Å². The predicted octanol–water partition coefficient (Wildman–Crippen LogP) is 2.08. The Morgan fingerprint density at radius 1 is 1.35 bits per heavy atom. The van der Waals surface area contributed by atoms with Crippen molar-refractivity contribution in [3.05, 3.63) is 29.3 Å². The maximum absolute atomic E-state index is 12.6. The first-order valence-electron chi connectivity index (χ1n) is 5.28. The summed E-state index contributed by atoms with van der Waals surface area (Å²) in [5, 5.41) is 10.8. The summed E-state index contributed by atoms with van der Waals surface area (Å²) in [4.78, 5) is 21.8. The van der Waals surface area contributed by atoms with Crippen LogP contribution >= 0.6 is 0 Å². The Hall–Kier alpha value is -2.56. The smallest absolute Gasteiger partial charge is 0.416 e. The van der Waals surface area contributed by atoms with Crippen LogP contribution in [-0.2, 0) is 20.5 Å². The Labute approximate surface area is 111 Å². The quantitative estimate of drug-likeness (QED) is 0.863. The van der Waals surface area contributed by atoms with E-state index in [0.717, 1.165) is 13.0 Å². The van der Waals surface area contributed by atoms with Gasteiger partial charge < -0.3 is 10.1 Å². The highest BCUT2D eigenvalue weighted by atomic mass is 19.4. The molecule has 0 aliphatic heterocycles. The Morgan fingerprint density at radius 3 is 2.50 bits per heavy atom. The van der Waals surface area contributed by atoms with Gasteiger partial charge in [0.05, 0.1) is 17.2 Å². The second-order valence-corrected chi connectivity index (χ2v) is 3.74. The number of nitrogens with zero attached hydrogens (tertiary/aromatic N) is 1. The maximum atomic E-state index is 12.6. The molecule has 8 heteroatoms. The van der Waals surface area contributed by atoms with E-state index in [4.69, 9.17) is 5.26 Å². The van der Waals surface area contributed by atoms with Crippen LogP contribution in [0.4, 0.5) is 18.9 Å². The summed E-state index contributed by atoms with van der Waals surface area (Å²) in [5.74, 6) is -1.50. The second-order valence-electron chi connectivity index (χ2n) is 3.74. The normalized spacial score (nSPS) is 10.6. The Bertz CT molecular complexity index is 576. The van der Waals surface area contributed by atoms with E-state index >= 15 is 0 Å². The van der Waals surface area contributed by atoms with Crippen LogP contribution in [0.1, 0.15) is 18.1 Å². The summed E-state index contributed by atoms with van der Waals surface area (Å²) in [6, 6.07) is 4.01. The highest BCUT2D eigenvalue weighted by Crippen LogP contribution is 2.31. The van der Waals surface area contributed by atoms with Crippen molar-refractivity contribution >= 4 is 17.6 Å². The third-order valence-electron chi connectivity index (χ3n) is 2.08. The van der Waals surface area contributed by atoms with Gasteiger partial charge in [0.1, 0.15) is 0 Å². The molecule has 0 heterocycles. The van der Waals surface area contributed by atoms with Crippen LogP contribution in [0.3, 0.4) is 0 Å². The van der Waals surface area contributed by atoms with E-state index in [1.807, 2.05) is 0 Å². The van der Waals surface area contributed by atoms with Gasteiger partial charge in [-0.15, -0.1) is 0 Å². The minimum atomic E-state index is -4.64. The van der Waals surface area contributed by atoms with Crippen molar-refractivity contribution in [2.24, 2.45) is 0 Å². The van der Waals surface area contributed by atoms with Gasteiger partial charge in [-0.1, -0.05) is 0 Å². The first-order valence-corrected chi connectivity index (χ1v) is 5.28. The van der Waals surface area contributed by atoms with Crippen molar-refractivity contribution in [3.8, 4) is 6.07 Å². The number of nitriles is 1. The van der Waals surface area contributed by atoms with Crippen molar-refractivity contribution in [3.63, 3.8) is 0 Å². The molecule has 0 bridgehead atoms. The summed E-state index contributed by atoms with van der Waals surface area (Å²) in [7, 11) is 0. The lowest BCUT2D eigenvalue weighted by Gasteiger charge is -2.10. The van der Waals surface area contributed by atoms with Crippen molar-refractivity contribution in [1.82, 2.24) is 0 Å². The van der Waals surface area contributed by atoms with Crippen molar-refractivity contribution < 1.29 is 27.5 Å². The summed E-state index contributed by atoms with van der Waals surface area (Å²) >= 11 is 0. The monoisotopic (exact) mass is 286 g/mol. The molecular formula is C12H9F3N2O3. The fourth-order valence-electron chi connectivity index (χ4n) is 1.29. The van der Waals surface area contributed by atoms with E-state index in [1.54, 1.807) is 6.07 Å². The number of hydrogen-bond acceptors (Lipinski definition) is 4. The van der Waals surface area contributed by atoms with Crippen LogP contribution in [0.25, 0.3) is 0 Å². The molecule has 1 amide bonds. The molecule has 0 atom stereocenters. The highest BCUT2D eigenvalue weighted by Gasteiger charge is 2.31. The predicted molar refractivity (Wildman–Crippen MR) is 61.4 cm³/mol. The van der Waals surface area contributed by atoms with Crippen LogP contribution < -0.4 is 5.32 Å². The standard InChI is InChI=1S/C12H9F3N2O3/c1-7(18)20-6-11(19)17-10-3-8(5-16)2-9(4-10)12(13,14)15/h2-4H,6H2,1H3,(H,17,19). The molecule has 0 spiro atoms. The molecule has 106 valence electrons. The van der Waals surface area contributed by atoms with Gasteiger partial charge in [0, 0.05) is 12.6 Å². The summed E-state index contributed by atoms with van der Waals surface area (Å²) in [6.07, 6.45) is -4.64. The van der Waals surface area contributed by atoms with Gasteiger partial charge in [-0.3, -0.25) is 9.59 Å². The third-order valence-corrected chi connectivity index (χ3v) is 2.08. The Balaban J connectivity index is 2.93. The maximum Gasteiger partial charge on any atom is 0.416 e. The average Bonchev–Trinajstić information content (AvgIpc) is 2.34. The fourth-order valence-corrected chi connectivity index (χ4v) is 1.29. The highest BCUT2D eigenvalue weighted by molar-refractivity contribution is 5.92. The number of ether oxygens (including phenoxy) is 1. The molecule has 0 aliphatic carbocycles. The first kappa shape index (κ1) is 15.5. The van der Waals surface area contributed by atoms with E-state index in [9.17, 15) is 22.8 Å². The number of amides is 1. The van der Waals surface area contributed by atoms with Crippen LogP contribution in [0.5, 0.6) is 0 Å². The van der Waals surface area contributed by atoms with Gasteiger partial charge in [0.2, 0.25) is 0 Å². The Kier molecular flexibility index (Phi) is 4.69. The molecule has 1 aromatic rings. The first-order chi connectivity index (χ1) is 9.22. The minimum absolute atomic E-state index is 0.200. The minimum Gasteiger partial charge on any atom is -0.456 e. The topological polar surface area (TPSA) is 79.2 Å². The van der Waals surface area contributed by atoms with E-state index in [1.165, 1.54) is 0 Å². The number of halogens is 3. The van der Waals surface area contributed by atoms with Crippen LogP contribution in [0, 0.1) is 11.3 Å². The Morgan fingerprint density at radius 2 is 2.00 bits per heavy atom. The van der Waals surface area contributed by atoms with Gasteiger partial charge in [0.15, 0.2) is 6.61 Å². The summed E-state index contributed by atoms with van der Waals surface area (Å²) in [6.45, 7) is 0.471. The fraction of sp³-hybridized carbons (Fsp3) is 0.250. The molecule has 1 N–H and O–H groups in total. The summed E-state index contributed by atoms with van der Waals surface area (Å²) in [5.41, 5.74) is -1.50. The van der Waals surface area contributed by atoms with Crippen molar-refractivity contribution in [2.75, 3.05) is 11.9 Å².